The predicted molar refractivity (Wildman–Crippen MR) is 120 cm³/mol. The van der Waals surface area contributed by atoms with Gasteiger partial charge in [0.1, 0.15) is 4.90 Å². The van der Waals surface area contributed by atoms with Crippen LogP contribution in [0.4, 0.5) is 0 Å². The van der Waals surface area contributed by atoms with Gasteiger partial charge in [-0.3, -0.25) is 19.7 Å². The number of sulfonamides is 1. The van der Waals surface area contributed by atoms with Crippen LogP contribution in [-0.4, -0.2) is 45.3 Å². The molecule has 0 aliphatic rings. The van der Waals surface area contributed by atoms with Gasteiger partial charge in [0.25, 0.3) is 0 Å². The molecule has 0 saturated heterocycles. The van der Waals surface area contributed by atoms with Gasteiger partial charge in [-0.2, -0.15) is 4.31 Å². The highest BCUT2D eigenvalue weighted by atomic mass is 32.2. The van der Waals surface area contributed by atoms with E-state index in [0.29, 0.717) is 19.4 Å². The number of carboxylic acid groups (broad SMARTS) is 1. The zero-order valence-electron chi connectivity index (χ0n) is 17.7. The SMILES string of the molecule is O=C(O)CCCCCCN(Cc1ccc(-c2cnccn2)cc1)S(=O)(=O)c1cccnc1. The van der Waals surface area contributed by atoms with Crippen molar-refractivity contribution in [2.24, 2.45) is 0 Å². The average Bonchev–Trinajstić information content (AvgIpc) is 2.82. The predicted octanol–water partition coefficient (Wildman–Crippen LogP) is 3.76. The first-order valence-corrected chi connectivity index (χ1v) is 11.9. The van der Waals surface area contributed by atoms with Crippen LogP contribution in [0.5, 0.6) is 0 Å². The molecule has 8 nitrogen and oxygen atoms in total. The van der Waals surface area contributed by atoms with E-state index in [9.17, 15) is 13.2 Å². The number of pyridine rings is 1. The number of carboxylic acids is 1. The molecule has 0 amide bonds. The summed E-state index contributed by atoms with van der Waals surface area (Å²) < 4.78 is 27.9. The minimum atomic E-state index is -3.71. The van der Waals surface area contributed by atoms with Crippen LogP contribution in [0.1, 0.15) is 37.7 Å². The fourth-order valence-corrected chi connectivity index (χ4v) is 4.71. The van der Waals surface area contributed by atoms with Crippen molar-refractivity contribution in [3.63, 3.8) is 0 Å². The molecular weight excluding hydrogens is 428 g/mol. The number of hydrogen-bond acceptors (Lipinski definition) is 6. The van der Waals surface area contributed by atoms with Crippen molar-refractivity contribution in [2.45, 2.75) is 43.5 Å². The van der Waals surface area contributed by atoms with E-state index < -0.39 is 16.0 Å². The minimum Gasteiger partial charge on any atom is -0.481 e. The Balaban J connectivity index is 1.71. The summed E-state index contributed by atoms with van der Waals surface area (Å²) in [6.07, 6.45) is 10.7. The van der Waals surface area contributed by atoms with Crippen LogP contribution in [0.15, 0.2) is 72.3 Å². The molecule has 0 saturated carbocycles. The first-order valence-electron chi connectivity index (χ1n) is 10.4. The van der Waals surface area contributed by atoms with Crippen LogP contribution in [0.2, 0.25) is 0 Å². The zero-order chi connectivity index (χ0) is 22.8. The highest BCUT2D eigenvalue weighted by Gasteiger charge is 2.24. The molecule has 2 aromatic heterocycles. The highest BCUT2D eigenvalue weighted by Crippen LogP contribution is 2.21. The monoisotopic (exact) mass is 454 g/mol. The quantitative estimate of drug-likeness (QED) is 0.414. The van der Waals surface area contributed by atoms with Crippen molar-refractivity contribution < 1.29 is 18.3 Å². The normalized spacial score (nSPS) is 11.5. The summed E-state index contributed by atoms with van der Waals surface area (Å²) in [5, 5.41) is 8.75. The second-order valence-electron chi connectivity index (χ2n) is 7.37. The summed E-state index contributed by atoms with van der Waals surface area (Å²) in [4.78, 5) is 23.1. The van der Waals surface area contributed by atoms with Crippen LogP contribution < -0.4 is 0 Å². The molecule has 0 unspecified atom stereocenters. The number of nitrogens with zero attached hydrogens (tertiary/aromatic N) is 4. The highest BCUT2D eigenvalue weighted by molar-refractivity contribution is 7.89. The summed E-state index contributed by atoms with van der Waals surface area (Å²) in [7, 11) is -3.71. The van der Waals surface area contributed by atoms with Crippen molar-refractivity contribution in [1.29, 1.82) is 0 Å². The van der Waals surface area contributed by atoms with Gasteiger partial charge in [-0.15, -0.1) is 0 Å². The Kier molecular flexibility index (Phi) is 8.41. The molecule has 0 aliphatic heterocycles. The first-order chi connectivity index (χ1) is 15.5. The van der Waals surface area contributed by atoms with Crippen LogP contribution in [0.3, 0.4) is 0 Å². The van der Waals surface area contributed by atoms with Gasteiger partial charge < -0.3 is 5.11 Å². The van der Waals surface area contributed by atoms with E-state index in [0.717, 1.165) is 29.7 Å². The van der Waals surface area contributed by atoms with Crippen LogP contribution in [0, 0.1) is 0 Å². The number of carbonyl (C=O) groups is 1. The molecular formula is C23H26N4O4S. The van der Waals surface area contributed by atoms with E-state index in [4.69, 9.17) is 5.11 Å². The molecule has 9 heteroatoms. The Morgan fingerprint density at radius 3 is 2.31 bits per heavy atom. The maximum Gasteiger partial charge on any atom is 0.303 e. The third kappa shape index (κ3) is 6.66. The fourth-order valence-electron chi connectivity index (χ4n) is 3.28. The number of aliphatic carboxylic acids is 1. The molecule has 3 rings (SSSR count). The Morgan fingerprint density at radius 2 is 1.66 bits per heavy atom. The van der Waals surface area contributed by atoms with Crippen LogP contribution in [-0.2, 0) is 21.4 Å². The van der Waals surface area contributed by atoms with E-state index in [-0.39, 0.29) is 17.9 Å². The Labute approximate surface area is 188 Å². The summed E-state index contributed by atoms with van der Waals surface area (Å²) >= 11 is 0. The summed E-state index contributed by atoms with van der Waals surface area (Å²) in [6.45, 7) is 0.573. The van der Waals surface area contributed by atoms with Crippen molar-refractivity contribution in [3.05, 3.63) is 72.9 Å². The van der Waals surface area contributed by atoms with Crippen molar-refractivity contribution in [2.75, 3.05) is 6.54 Å². The summed E-state index contributed by atoms with van der Waals surface area (Å²) in [5.41, 5.74) is 2.51. The third-order valence-electron chi connectivity index (χ3n) is 4.99. The third-order valence-corrected chi connectivity index (χ3v) is 6.82. The second-order valence-corrected chi connectivity index (χ2v) is 9.31. The molecule has 3 aromatic rings. The molecule has 0 spiro atoms. The van der Waals surface area contributed by atoms with Crippen molar-refractivity contribution in [1.82, 2.24) is 19.3 Å². The number of aromatic nitrogens is 3. The Hall–Kier alpha value is -3.17. The Bertz CT molecular complexity index is 1090. The Morgan fingerprint density at radius 1 is 0.906 bits per heavy atom. The fraction of sp³-hybridized carbons (Fsp3) is 0.304. The van der Waals surface area contributed by atoms with Gasteiger partial charge in [0.2, 0.25) is 10.0 Å². The average molecular weight is 455 g/mol. The molecule has 0 aliphatic carbocycles. The number of hydrogen-bond donors (Lipinski definition) is 1. The standard InChI is InChI=1S/C23H26N4O4S/c28-23(29)7-3-1-2-4-15-27(32(30,31)21-6-5-12-24-16-21)18-19-8-10-20(11-9-19)22-17-25-13-14-26-22/h5-6,8-14,16-17H,1-4,7,15,18H2,(H,28,29). The number of rotatable bonds is 12. The summed E-state index contributed by atoms with van der Waals surface area (Å²) in [5.74, 6) is -0.810. The lowest BCUT2D eigenvalue weighted by Crippen LogP contribution is -2.31. The molecule has 0 bridgehead atoms. The molecule has 0 fully saturated rings. The van der Waals surface area contributed by atoms with Gasteiger partial charge in [-0.1, -0.05) is 37.1 Å². The van der Waals surface area contributed by atoms with E-state index in [1.54, 1.807) is 30.7 Å². The molecule has 2 heterocycles. The van der Waals surface area contributed by atoms with E-state index in [1.165, 1.54) is 16.7 Å². The smallest absolute Gasteiger partial charge is 0.303 e. The van der Waals surface area contributed by atoms with E-state index in [1.807, 2.05) is 24.3 Å². The van der Waals surface area contributed by atoms with Gasteiger partial charge >= 0.3 is 5.97 Å². The van der Waals surface area contributed by atoms with Crippen molar-refractivity contribution >= 4 is 16.0 Å². The molecule has 32 heavy (non-hydrogen) atoms. The first kappa shape index (κ1) is 23.5. The maximum atomic E-state index is 13.2. The van der Waals surface area contributed by atoms with Crippen molar-refractivity contribution in [3.8, 4) is 11.3 Å². The van der Waals surface area contributed by atoms with Gasteiger partial charge in [0.15, 0.2) is 0 Å². The number of benzene rings is 1. The van der Waals surface area contributed by atoms with Gasteiger partial charge in [-0.05, 0) is 30.5 Å². The lowest BCUT2D eigenvalue weighted by atomic mass is 10.1. The lowest BCUT2D eigenvalue weighted by Gasteiger charge is -2.22. The van der Waals surface area contributed by atoms with Gasteiger partial charge in [0, 0.05) is 49.9 Å². The zero-order valence-corrected chi connectivity index (χ0v) is 18.5. The van der Waals surface area contributed by atoms with Gasteiger partial charge in [-0.25, -0.2) is 8.42 Å². The molecule has 168 valence electrons. The molecule has 1 aromatic carbocycles. The lowest BCUT2D eigenvalue weighted by molar-refractivity contribution is -0.137. The molecule has 1 N–H and O–H groups in total. The minimum absolute atomic E-state index is 0.135. The largest absolute Gasteiger partial charge is 0.481 e. The number of unbranched alkanes of at least 4 members (excludes halogenated alkanes) is 3. The molecule has 0 radical (unpaired) electrons. The van der Waals surface area contributed by atoms with Crippen LogP contribution >= 0.6 is 0 Å². The maximum absolute atomic E-state index is 13.2. The molecule has 0 atom stereocenters. The second kappa shape index (κ2) is 11.4. The topological polar surface area (TPSA) is 113 Å². The van der Waals surface area contributed by atoms with E-state index >= 15 is 0 Å². The van der Waals surface area contributed by atoms with Crippen LogP contribution in [0.25, 0.3) is 11.3 Å². The summed E-state index contributed by atoms with van der Waals surface area (Å²) in [6, 6.07) is 10.7. The van der Waals surface area contributed by atoms with E-state index in [2.05, 4.69) is 15.0 Å². The van der Waals surface area contributed by atoms with Gasteiger partial charge in [0.05, 0.1) is 11.9 Å².